The maximum atomic E-state index is 6.17. The molecule has 8 aromatic rings. The van der Waals surface area contributed by atoms with Gasteiger partial charge < -0.3 is 4.42 Å². The van der Waals surface area contributed by atoms with Gasteiger partial charge in [0.25, 0.3) is 0 Å². The van der Waals surface area contributed by atoms with E-state index < -0.39 is 0 Å². The van der Waals surface area contributed by atoms with Crippen molar-refractivity contribution in [3.63, 3.8) is 0 Å². The Morgan fingerprint density at radius 1 is 0.366 bits per heavy atom. The van der Waals surface area contributed by atoms with E-state index in [4.69, 9.17) is 19.4 Å². The van der Waals surface area contributed by atoms with Gasteiger partial charge in [0.05, 0.1) is 0 Å². The summed E-state index contributed by atoms with van der Waals surface area (Å²) in [5.74, 6) is 1.91. The second-order valence-electron chi connectivity index (χ2n) is 10.1. The lowest BCUT2D eigenvalue weighted by Crippen LogP contribution is -2.01. The van der Waals surface area contributed by atoms with E-state index in [1.54, 1.807) is 0 Å². The number of furan rings is 1. The van der Waals surface area contributed by atoms with Crippen LogP contribution in [0, 0.1) is 0 Å². The van der Waals surface area contributed by atoms with Crippen molar-refractivity contribution >= 4 is 32.7 Å². The fraction of sp³-hybridized carbons (Fsp3) is 0. The van der Waals surface area contributed by atoms with Crippen LogP contribution in [0.15, 0.2) is 144 Å². The number of aromatic nitrogens is 3. The summed E-state index contributed by atoms with van der Waals surface area (Å²) in [6.45, 7) is 0. The predicted octanol–water partition coefficient (Wildman–Crippen LogP) is 9.59. The van der Waals surface area contributed by atoms with E-state index in [2.05, 4.69) is 72.8 Å². The first kappa shape index (κ1) is 23.3. The average molecular weight is 526 g/mol. The van der Waals surface area contributed by atoms with Gasteiger partial charge in [0.15, 0.2) is 17.5 Å². The zero-order valence-corrected chi connectivity index (χ0v) is 22.0. The summed E-state index contributed by atoms with van der Waals surface area (Å²) >= 11 is 0. The first-order valence-electron chi connectivity index (χ1n) is 13.6. The largest absolute Gasteiger partial charge is 0.456 e. The minimum atomic E-state index is 0.628. The predicted molar refractivity (Wildman–Crippen MR) is 166 cm³/mol. The van der Waals surface area contributed by atoms with Crippen LogP contribution in [0.25, 0.3) is 78.0 Å². The molecule has 0 unspecified atom stereocenters. The van der Waals surface area contributed by atoms with Crippen molar-refractivity contribution in [1.82, 2.24) is 15.0 Å². The third kappa shape index (κ3) is 4.14. The Balaban J connectivity index is 1.33. The maximum Gasteiger partial charge on any atom is 0.164 e. The zero-order chi connectivity index (χ0) is 27.2. The third-order valence-electron chi connectivity index (χ3n) is 7.51. The first-order chi connectivity index (χ1) is 20.3. The van der Waals surface area contributed by atoms with Crippen LogP contribution in [0.1, 0.15) is 0 Å². The van der Waals surface area contributed by atoms with E-state index in [-0.39, 0.29) is 0 Å². The molecule has 0 aliphatic carbocycles. The van der Waals surface area contributed by atoms with E-state index in [0.29, 0.717) is 17.5 Å². The van der Waals surface area contributed by atoms with E-state index in [0.717, 1.165) is 60.5 Å². The Hall–Kier alpha value is -5.61. The quantitative estimate of drug-likeness (QED) is 0.230. The van der Waals surface area contributed by atoms with Crippen LogP contribution in [0.2, 0.25) is 0 Å². The molecule has 0 saturated carbocycles. The smallest absolute Gasteiger partial charge is 0.164 e. The van der Waals surface area contributed by atoms with Crippen molar-refractivity contribution in [2.45, 2.75) is 0 Å². The summed E-state index contributed by atoms with van der Waals surface area (Å²) < 4.78 is 6.17. The summed E-state index contributed by atoms with van der Waals surface area (Å²) in [7, 11) is 0. The van der Waals surface area contributed by atoms with E-state index >= 15 is 0 Å². The fourth-order valence-electron chi connectivity index (χ4n) is 5.50. The lowest BCUT2D eigenvalue weighted by Gasteiger charge is -2.12. The molecule has 4 heteroatoms. The standard InChI is InChI=1S/C37H23N3O/c1-3-11-24(12-4-1)29-15-7-8-17-31(29)37-39-35(25-13-5-2-6-14-25)38-36(40-37)27-20-19-26-22-32-30-16-9-10-18-33(30)41-34(32)23-28(26)21-27/h1-23H. The van der Waals surface area contributed by atoms with Crippen molar-refractivity contribution < 1.29 is 4.42 Å². The van der Waals surface area contributed by atoms with Crippen LogP contribution < -0.4 is 0 Å². The SMILES string of the molecule is c1ccc(-c2nc(-c3ccc4cc5c(cc4c3)oc3ccccc35)nc(-c3ccccc3-c3ccccc3)n2)cc1. The maximum absolute atomic E-state index is 6.17. The van der Waals surface area contributed by atoms with E-state index in [9.17, 15) is 0 Å². The van der Waals surface area contributed by atoms with E-state index in [1.807, 2.05) is 66.7 Å². The van der Waals surface area contributed by atoms with Crippen LogP contribution >= 0.6 is 0 Å². The molecule has 8 rings (SSSR count). The number of nitrogens with zero attached hydrogens (tertiary/aromatic N) is 3. The van der Waals surface area contributed by atoms with Gasteiger partial charge in [-0.1, -0.05) is 115 Å². The van der Waals surface area contributed by atoms with Gasteiger partial charge in [0.2, 0.25) is 0 Å². The molecule has 41 heavy (non-hydrogen) atoms. The number of rotatable bonds is 4. The van der Waals surface area contributed by atoms with Crippen LogP contribution in [0.4, 0.5) is 0 Å². The second kappa shape index (κ2) is 9.54. The second-order valence-corrected chi connectivity index (χ2v) is 10.1. The normalized spacial score (nSPS) is 11.4. The first-order valence-corrected chi connectivity index (χ1v) is 13.6. The number of benzene rings is 6. The number of fused-ring (bicyclic) bond motifs is 4. The van der Waals surface area contributed by atoms with Gasteiger partial charge in [-0.15, -0.1) is 0 Å². The van der Waals surface area contributed by atoms with Crippen molar-refractivity contribution in [2.24, 2.45) is 0 Å². The summed E-state index contributed by atoms with van der Waals surface area (Å²) in [4.78, 5) is 15.0. The molecular formula is C37H23N3O. The van der Waals surface area contributed by atoms with Crippen LogP contribution in [-0.4, -0.2) is 15.0 Å². The summed E-state index contributed by atoms with van der Waals surface area (Å²) in [6, 6.07) is 47.5. The Morgan fingerprint density at radius 2 is 1.00 bits per heavy atom. The van der Waals surface area contributed by atoms with E-state index in [1.165, 1.54) is 0 Å². The van der Waals surface area contributed by atoms with Crippen LogP contribution in [-0.2, 0) is 0 Å². The van der Waals surface area contributed by atoms with Crippen LogP contribution in [0.3, 0.4) is 0 Å². The Kier molecular flexibility index (Phi) is 5.42. The molecule has 2 heterocycles. The summed E-state index contributed by atoms with van der Waals surface area (Å²) in [5.41, 5.74) is 6.79. The van der Waals surface area contributed by atoms with Gasteiger partial charge in [0, 0.05) is 27.5 Å². The highest BCUT2D eigenvalue weighted by molar-refractivity contribution is 6.10. The monoisotopic (exact) mass is 525 g/mol. The molecular weight excluding hydrogens is 502 g/mol. The number of para-hydroxylation sites is 1. The Labute approximate surface area is 236 Å². The number of hydrogen-bond donors (Lipinski definition) is 0. The highest BCUT2D eigenvalue weighted by Crippen LogP contribution is 2.35. The van der Waals surface area contributed by atoms with Gasteiger partial charge in [-0.3, -0.25) is 0 Å². The van der Waals surface area contributed by atoms with Crippen LogP contribution in [0.5, 0.6) is 0 Å². The van der Waals surface area contributed by atoms with Crippen molar-refractivity contribution in [2.75, 3.05) is 0 Å². The molecule has 192 valence electrons. The minimum Gasteiger partial charge on any atom is -0.456 e. The molecule has 0 aliphatic rings. The highest BCUT2D eigenvalue weighted by atomic mass is 16.3. The topological polar surface area (TPSA) is 51.8 Å². The molecule has 0 amide bonds. The van der Waals surface area contributed by atoms with Gasteiger partial charge in [-0.05, 0) is 46.2 Å². The van der Waals surface area contributed by atoms with Gasteiger partial charge in [0.1, 0.15) is 11.2 Å². The zero-order valence-electron chi connectivity index (χ0n) is 22.0. The highest BCUT2D eigenvalue weighted by Gasteiger charge is 2.16. The molecule has 0 atom stereocenters. The summed E-state index contributed by atoms with van der Waals surface area (Å²) in [5, 5.41) is 4.45. The lowest BCUT2D eigenvalue weighted by molar-refractivity contribution is 0.669. The molecule has 4 nitrogen and oxygen atoms in total. The average Bonchev–Trinajstić information content (AvgIpc) is 3.41. The fourth-order valence-corrected chi connectivity index (χ4v) is 5.50. The lowest BCUT2D eigenvalue weighted by atomic mass is 9.99. The minimum absolute atomic E-state index is 0.628. The van der Waals surface area contributed by atoms with Crippen molar-refractivity contribution in [3.8, 4) is 45.3 Å². The van der Waals surface area contributed by atoms with Crippen molar-refractivity contribution in [1.29, 1.82) is 0 Å². The van der Waals surface area contributed by atoms with Crippen molar-refractivity contribution in [3.05, 3.63) is 140 Å². The molecule has 6 aromatic carbocycles. The molecule has 0 bridgehead atoms. The molecule has 0 N–H and O–H groups in total. The van der Waals surface area contributed by atoms with Gasteiger partial charge in [-0.2, -0.15) is 0 Å². The molecule has 0 radical (unpaired) electrons. The molecule has 0 fully saturated rings. The molecule has 0 spiro atoms. The Morgan fingerprint density at radius 3 is 1.80 bits per heavy atom. The third-order valence-corrected chi connectivity index (χ3v) is 7.51. The van der Waals surface area contributed by atoms with Gasteiger partial charge >= 0.3 is 0 Å². The summed E-state index contributed by atoms with van der Waals surface area (Å²) in [6.07, 6.45) is 0. The molecule has 0 saturated heterocycles. The Bertz CT molecular complexity index is 2200. The van der Waals surface area contributed by atoms with Gasteiger partial charge in [-0.25, -0.2) is 15.0 Å². The number of hydrogen-bond acceptors (Lipinski definition) is 4. The molecule has 2 aromatic heterocycles. The molecule has 0 aliphatic heterocycles.